The minimum atomic E-state index is -0.377. The fourth-order valence-corrected chi connectivity index (χ4v) is 4.31. The number of ketones is 1. The number of allylic oxidation sites excluding steroid dienone is 2. The summed E-state index contributed by atoms with van der Waals surface area (Å²) in [4.78, 5) is 39.5. The van der Waals surface area contributed by atoms with Crippen molar-refractivity contribution < 1.29 is 18.8 Å². The standard InChI is InChI=1S/C26H19FN2O3/c27-18-11-9-16(10-12-18)17-13-19(15-20(30)14-17)28-23-7-3-4-8-24(23)29-25(31)21-5-1-2-6-22(21)26(29)32/h1-12,15,17,28H,13-14H2. The third-order valence-corrected chi connectivity index (χ3v) is 5.82. The Labute approximate surface area is 184 Å². The molecule has 1 heterocycles. The Morgan fingerprint density at radius 1 is 0.781 bits per heavy atom. The number of halogens is 1. The van der Waals surface area contributed by atoms with Crippen LogP contribution in [-0.2, 0) is 4.79 Å². The van der Waals surface area contributed by atoms with Gasteiger partial charge < -0.3 is 5.32 Å². The first-order chi connectivity index (χ1) is 15.5. The normalized spacial score (nSPS) is 17.9. The van der Waals surface area contributed by atoms with Crippen LogP contribution in [0.4, 0.5) is 15.8 Å². The number of nitrogens with one attached hydrogen (secondary N) is 1. The van der Waals surface area contributed by atoms with Crippen LogP contribution in [0, 0.1) is 5.82 Å². The minimum absolute atomic E-state index is 0.0358. The molecule has 0 fully saturated rings. The fraction of sp³-hybridized carbons (Fsp3) is 0.115. The topological polar surface area (TPSA) is 66.5 Å². The molecule has 5 nitrogen and oxygen atoms in total. The zero-order chi connectivity index (χ0) is 22.2. The van der Waals surface area contributed by atoms with Gasteiger partial charge in [0.25, 0.3) is 11.8 Å². The van der Waals surface area contributed by atoms with Gasteiger partial charge in [-0.25, -0.2) is 9.29 Å². The number of carbonyl (C=O) groups excluding carboxylic acids is 3. The van der Waals surface area contributed by atoms with E-state index in [9.17, 15) is 18.8 Å². The molecule has 0 radical (unpaired) electrons. The first-order valence-corrected chi connectivity index (χ1v) is 10.3. The summed E-state index contributed by atoms with van der Waals surface area (Å²) in [6.45, 7) is 0. The van der Waals surface area contributed by atoms with Crippen molar-refractivity contribution in [1.82, 2.24) is 0 Å². The van der Waals surface area contributed by atoms with E-state index in [1.54, 1.807) is 66.7 Å². The summed E-state index contributed by atoms with van der Waals surface area (Å²) in [7, 11) is 0. The van der Waals surface area contributed by atoms with Gasteiger partial charge in [0, 0.05) is 18.2 Å². The summed E-state index contributed by atoms with van der Waals surface area (Å²) in [5.41, 5.74) is 3.30. The van der Waals surface area contributed by atoms with Crippen LogP contribution in [0.2, 0.25) is 0 Å². The van der Waals surface area contributed by atoms with E-state index in [4.69, 9.17) is 0 Å². The van der Waals surface area contributed by atoms with E-state index < -0.39 is 0 Å². The van der Waals surface area contributed by atoms with Crippen LogP contribution in [0.15, 0.2) is 84.6 Å². The summed E-state index contributed by atoms with van der Waals surface area (Å²) < 4.78 is 13.3. The van der Waals surface area contributed by atoms with E-state index in [1.807, 2.05) is 0 Å². The maximum absolute atomic E-state index is 13.3. The molecule has 0 saturated heterocycles. The molecule has 3 aromatic rings. The van der Waals surface area contributed by atoms with Gasteiger partial charge in [0.1, 0.15) is 5.82 Å². The third kappa shape index (κ3) is 3.50. The highest BCUT2D eigenvalue weighted by Crippen LogP contribution is 2.37. The van der Waals surface area contributed by atoms with Crippen LogP contribution in [0.25, 0.3) is 0 Å². The van der Waals surface area contributed by atoms with E-state index in [0.29, 0.717) is 41.0 Å². The number of hydrogen-bond donors (Lipinski definition) is 1. The largest absolute Gasteiger partial charge is 0.357 e. The maximum atomic E-state index is 13.3. The van der Waals surface area contributed by atoms with Gasteiger partial charge in [-0.1, -0.05) is 36.4 Å². The molecule has 1 atom stereocenters. The summed E-state index contributed by atoms with van der Waals surface area (Å²) in [5.74, 6) is -1.19. The van der Waals surface area contributed by atoms with Crippen molar-refractivity contribution in [2.45, 2.75) is 18.8 Å². The summed E-state index contributed by atoms with van der Waals surface area (Å²) in [5, 5.41) is 3.26. The summed E-state index contributed by atoms with van der Waals surface area (Å²) >= 11 is 0. The van der Waals surface area contributed by atoms with E-state index in [0.717, 1.165) is 10.5 Å². The van der Waals surface area contributed by atoms with Crippen LogP contribution in [0.3, 0.4) is 0 Å². The number of benzene rings is 3. The van der Waals surface area contributed by atoms with Gasteiger partial charge in [-0.15, -0.1) is 0 Å². The van der Waals surface area contributed by atoms with Crippen LogP contribution in [0.1, 0.15) is 45.0 Å². The monoisotopic (exact) mass is 426 g/mol. The maximum Gasteiger partial charge on any atom is 0.266 e. The van der Waals surface area contributed by atoms with Gasteiger partial charge in [-0.2, -0.15) is 0 Å². The van der Waals surface area contributed by atoms with E-state index in [-0.39, 0.29) is 29.3 Å². The predicted octanol–water partition coefficient (Wildman–Crippen LogP) is 5.07. The van der Waals surface area contributed by atoms with Crippen molar-refractivity contribution in [2.24, 2.45) is 0 Å². The van der Waals surface area contributed by atoms with Gasteiger partial charge in [0.2, 0.25) is 0 Å². The Bertz CT molecular complexity index is 1250. The van der Waals surface area contributed by atoms with E-state index >= 15 is 0 Å². The number of anilines is 2. The van der Waals surface area contributed by atoms with Crippen LogP contribution < -0.4 is 10.2 Å². The van der Waals surface area contributed by atoms with Crippen LogP contribution in [0.5, 0.6) is 0 Å². The number of nitrogens with zero attached hydrogens (tertiary/aromatic N) is 1. The molecule has 1 aliphatic carbocycles. The number of amides is 2. The molecule has 0 saturated carbocycles. The predicted molar refractivity (Wildman–Crippen MR) is 119 cm³/mol. The quantitative estimate of drug-likeness (QED) is 0.592. The zero-order valence-corrected chi connectivity index (χ0v) is 17.0. The Kier molecular flexibility index (Phi) is 4.90. The lowest BCUT2D eigenvalue weighted by Gasteiger charge is -2.25. The molecule has 32 heavy (non-hydrogen) atoms. The Balaban J connectivity index is 1.44. The average Bonchev–Trinajstić information content (AvgIpc) is 3.05. The molecule has 1 N–H and O–H groups in total. The van der Waals surface area contributed by atoms with Crippen molar-refractivity contribution in [2.75, 3.05) is 10.2 Å². The number of para-hydroxylation sites is 2. The first kappa shape index (κ1) is 19.9. The molecule has 0 spiro atoms. The second-order valence-corrected chi connectivity index (χ2v) is 7.93. The summed E-state index contributed by atoms with van der Waals surface area (Å²) in [6.07, 6.45) is 2.45. The number of fused-ring (bicyclic) bond motifs is 1. The molecule has 0 bridgehead atoms. The zero-order valence-electron chi connectivity index (χ0n) is 17.0. The molecular formula is C26H19FN2O3. The molecular weight excluding hydrogens is 407 g/mol. The van der Waals surface area contributed by atoms with Crippen molar-refractivity contribution in [3.8, 4) is 0 Å². The molecule has 158 valence electrons. The molecule has 2 aliphatic rings. The lowest BCUT2D eigenvalue weighted by molar-refractivity contribution is -0.115. The molecule has 1 aliphatic heterocycles. The number of hydrogen-bond acceptors (Lipinski definition) is 4. The lowest BCUT2D eigenvalue weighted by Crippen LogP contribution is -2.30. The SMILES string of the molecule is O=C1C=C(Nc2ccccc2N2C(=O)c3ccccc3C2=O)CC(c2ccc(F)cc2)C1. The highest BCUT2D eigenvalue weighted by atomic mass is 19.1. The van der Waals surface area contributed by atoms with Gasteiger partial charge in [0.15, 0.2) is 5.78 Å². The first-order valence-electron chi connectivity index (χ1n) is 10.3. The molecule has 5 rings (SSSR count). The van der Waals surface area contributed by atoms with Gasteiger partial charge in [-0.3, -0.25) is 14.4 Å². The molecule has 0 aromatic heterocycles. The molecule has 6 heteroatoms. The summed E-state index contributed by atoms with van der Waals surface area (Å²) in [6, 6.07) is 19.9. The Morgan fingerprint density at radius 2 is 1.41 bits per heavy atom. The molecule has 1 unspecified atom stereocenters. The number of imide groups is 1. The van der Waals surface area contributed by atoms with Crippen molar-refractivity contribution in [3.05, 3.63) is 107 Å². The Hall–Kier alpha value is -4.06. The number of carbonyl (C=O) groups is 3. The second kappa shape index (κ2) is 7.89. The number of rotatable bonds is 4. The Morgan fingerprint density at radius 3 is 2.09 bits per heavy atom. The lowest BCUT2D eigenvalue weighted by atomic mass is 9.85. The van der Waals surface area contributed by atoms with E-state index in [2.05, 4.69) is 5.32 Å². The van der Waals surface area contributed by atoms with Gasteiger partial charge in [-0.05, 0) is 54.3 Å². The molecule has 2 amide bonds. The van der Waals surface area contributed by atoms with Crippen molar-refractivity contribution >= 4 is 29.0 Å². The van der Waals surface area contributed by atoms with Crippen molar-refractivity contribution in [1.29, 1.82) is 0 Å². The van der Waals surface area contributed by atoms with Crippen LogP contribution in [-0.4, -0.2) is 17.6 Å². The highest BCUT2D eigenvalue weighted by Gasteiger charge is 2.37. The van der Waals surface area contributed by atoms with Crippen molar-refractivity contribution in [3.63, 3.8) is 0 Å². The van der Waals surface area contributed by atoms with E-state index in [1.165, 1.54) is 12.1 Å². The minimum Gasteiger partial charge on any atom is -0.357 e. The fourth-order valence-electron chi connectivity index (χ4n) is 4.31. The smallest absolute Gasteiger partial charge is 0.266 e. The average molecular weight is 426 g/mol. The van der Waals surface area contributed by atoms with Crippen LogP contribution >= 0.6 is 0 Å². The second-order valence-electron chi connectivity index (χ2n) is 7.93. The third-order valence-electron chi connectivity index (χ3n) is 5.82. The highest BCUT2D eigenvalue weighted by molar-refractivity contribution is 6.35. The van der Waals surface area contributed by atoms with Gasteiger partial charge in [0.05, 0.1) is 22.5 Å². The van der Waals surface area contributed by atoms with Gasteiger partial charge >= 0.3 is 0 Å². The molecule has 3 aromatic carbocycles.